The second-order valence-corrected chi connectivity index (χ2v) is 4.87. The van der Waals surface area contributed by atoms with Crippen molar-refractivity contribution in [3.05, 3.63) is 12.7 Å². The van der Waals surface area contributed by atoms with Crippen LogP contribution in [0, 0.1) is 11.3 Å². The number of carboxylic acid groups (broad SMARTS) is 1. The van der Waals surface area contributed by atoms with Gasteiger partial charge in [-0.1, -0.05) is 12.7 Å². The molecule has 0 spiro atoms. The van der Waals surface area contributed by atoms with Gasteiger partial charge in [-0.05, 0) is 32.6 Å². The zero-order valence-corrected chi connectivity index (χ0v) is 10.2. The normalized spacial score (nSPS) is 17.1. The molecule has 0 bridgehead atoms. The molecular weight excluding hydrogens is 222 g/mol. The van der Waals surface area contributed by atoms with E-state index >= 15 is 0 Å². The van der Waals surface area contributed by atoms with E-state index in [1.54, 1.807) is 13.8 Å². The number of carbonyl (C=O) groups is 2. The van der Waals surface area contributed by atoms with Crippen LogP contribution >= 0.6 is 0 Å². The van der Waals surface area contributed by atoms with E-state index in [0.29, 0.717) is 0 Å². The SMILES string of the molecule is C=CCOC(=O)N[C@@H](C1CC1)C(C)(C)C(=O)O. The van der Waals surface area contributed by atoms with Gasteiger partial charge in [0.2, 0.25) is 0 Å². The minimum absolute atomic E-state index is 0.122. The number of carbonyl (C=O) groups excluding carboxylic acids is 1. The minimum Gasteiger partial charge on any atom is -0.481 e. The lowest BCUT2D eigenvalue weighted by Gasteiger charge is -2.30. The summed E-state index contributed by atoms with van der Waals surface area (Å²) in [6.07, 6.45) is 2.77. The van der Waals surface area contributed by atoms with E-state index in [-0.39, 0.29) is 12.5 Å². The van der Waals surface area contributed by atoms with Gasteiger partial charge < -0.3 is 15.2 Å². The number of rotatable bonds is 6. The van der Waals surface area contributed by atoms with Crippen LogP contribution in [0.4, 0.5) is 4.79 Å². The maximum absolute atomic E-state index is 11.4. The molecule has 5 heteroatoms. The average Bonchev–Trinajstić information content (AvgIpc) is 3.06. The lowest BCUT2D eigenvalue weighted by molar-refractivity contribution is -0.148. The number of aliphatic carboxylic acids is 1. The molecule has 17 heavy (non-hydrogen) atoms. The molecule has 1 saturated carbocycles. The third-order valence-electron chi connectivity index (χ3n) is 3.03. The van der Waals surface area contributed by atoms with Gasteiger partial charge in [-0.15, -0.1) is 0 Å². The first kappa shape index (κ1) is 13.5. The Morgan fingerprint density at radius 1 is 1.59 bits per heavy atom. The Labute approximate surface area is 101 Å². The molecule has 1 rings (SSSR count). The van der Waals surface area contributed by atoms with Crippen LogP contribution in [0.1, 0.15) is 26.7 Å². The molecule has 0 heterocycles. The van der Waals surface area contributed by atoms with Gasteiger partial charge >= 0.3 is 12.1 Å². The molecule has 0 aromatic carbocycles. The van der Waals surface area contributed by atoms with E-state index in [2.05, 4.69) is 11.9 Å². The largest absolute Gasteiger partial charge is 0.481 e. The summed E-state index contributed by atoms with van der Waals surface area (Å²) in [4.78, 5) is 22.6. The van der Waals surface area contributed by atoms with Crippen LogP contribution in [-0.4, -0.2) is 29.8 Å². The number of nitrogens with one attached hydrogen (secondary N) is 1. The summed E-state index contributed by atoms with van der Waals surface area (Å²) in [5, 5.41) is 11.8. The molecular formula is C12H19NO4. The predicted molar refractivity (Wildman–Crippen MR) is 62.6 cm³/mol. The molecule has 96 valence electrons. The first-order valence-electron chi connectivity index (χ1n) is 5.67. The maximum Gasteiger partial charge on any atom is 0.407 e. The Bertz CT molecular complexity index is 320. The molecule has 0 aromatic heterocycles. The molecule has 1 aliphatic carbocycles. The van der Waals surface area contributed by atoms with Gasteiger partial charge in [-0.2, -0.15) is 0 Å². The number of ether oxygens (including phenoxy) is 1. The quantitative estimate of drug-likeness (QED) is 0.695. The smallest absolute Gasteiger partial charge is 0.407 e. The Morgan fingerprint density at radius 3 is 2.59 bits per heavy atom. The molecule has 1 atom stereocenters. The maximum atomic E-state index is 11.4. The van der Waals surface area contributed by atoms with Gasteiger partial charge in [-0.25, -0.2) is 4.79 Å². The summed E-state index contributed by atoms with van der Waals surface area (Å²) in [7, 11) is 0. The summed E-state index contributed by atoms with van der Waals surface area (Å²) in [5.74, 6) is -0.684. The molecule has 1 amide bonds. The average molecular weight is 241 g/mol. The van der Waals surface area contributed by atoms with Gasteiger partial charge in [0.1, 0.15) is 6.61 Å². The van der Waals surface area contributed by atoms with E-state index in [0.717, 1.165) is 12.8 Å². The Balaban J connectivity index is 2.63. The van der Waals surface area contributed by atoms with Crippen LogP contribution in [0.25, 0.3) is 0 Å². The number of amides is 1. The van der Waals surface area contributed by atoms with Crippen molar-refractivity contribution in [3.63, 3.8) is 0 Å². The molecule has 0 saturated heterocycles. The second-order valence-electron chi connectivity index (χ2n) is 4.87. The highest BCUT2D eigenvalue weighted by molar-refractivity contribution is 5.76. The summed E-state index contributed by atoms with van der Waals surface area (Å²) >= 11 is 0. The second kappa shape index (κ2) is 5.21. The summed E-state index contributed by atoms with van der Waals surface area (Å²) in [6.45, 7) is 6.79. The molecule has 1 aliphatic rings. The molecule has 0 unspecified atom stereocenters. The Morgan fingerprint density at radius 2 is 2.18 bits per heavy atom. The molecule has 0 radical (unpaired) electrons. The van der Waals surface area contributed by atoms with Crippen molar-refractivity contribution in [1.82, 2.24) is 5.32 Å². The highest BCUT2D eigenvalue weighted by Gasteiger charge is 2.46. The standard InChI is InChI=1S/C12H19NO4/c1-4-7-17-11(16)13-9(8-5-6-8)12(2,3)10(14)15/h4,8-9H,1,5-7H2,2-3H3,(H,13,16)(H,14,15)/t9-/m0/s1. The fraction of sp³-hybridized carbons (Fsp3) is 0.667. The van der Waals surface area contributed by atoms with Crippen molar-refractivity contribution < 1.29 is 19.4 Å². The van der Waals surface area contributed by atoms with Crippen LogP contribution < -0.4 is 5.32 Å². The van der Waals surface area contributed by atoms with E-state index in [4.69, 9.17) is 9.84 Å². The summed E-state index contributed by atoms with van der Waals surface area (Å²) < 4.78 is 4.81. The lowest BCUT2D eigenvalue weighted by atomic mass is 9.82. The van der Waals surface area contributed by atoms with Crippen molar-refractivity contribution in [3.8, 4) is 0 Å². The first-order valence-corrected chi connectivity index (χ1v) is 5.67. The Hall–Kier alpha value is -1.52. The van der Waals surface area contributed by atoms with Crippen molar-refractivity contribution >= 4 is 12.1 Å². The van der Waals surface area contributed by atoms with E-state index in [1.165, 1.54) is 6.08 Å². The van der Waals surface area contributed by atoms with Crippen LogP contribution in [0.2, 0.25) is 0 Å². The third kappa shape index (κ3) is 3.47. The Kier molecular flexibility index (Phi) is 4.15. The van der Waals surface area contributed by atoms with E-state index < -0.39 is 23.5 Å². The van der Waals surface area contributed by atoms with Crippen molar-refractivity contribution in [2.45, 2.75) is 32.7 Å². The van der Waals surface area contributed by atoms with Gasteiger partial charge in [0.05, 0.1) is 11.5 Å². The van der Waals surface area contributed by atoms with Crippen molar-refractivity contribution in [2.75, 3.05) is 6.61 Å². The number of alkyl carbamates (subject to hydrolysis) is 1. The zero-order valence-electron chi connectivity index (χ0n) is 10.2. The molecule has 1 fully saturated rings. The number of hydrogen-bond acceptors (Lipinski definition) is 3. The van der Waals surface area contributed by atoms with Crippen molar-refractivity contribution in [2.24, 2.45) is 11.3 Å². The van der Waals surface area contributed by atoms with Crippen LogP contribution in [-0.2, 0) is 9.53 Å². The van der Waals surface area contributed by atoms with Gasteiger partial charge in [-0.3, -0.25) is 4.79 Å². The molecule has 2 N–H and O–H groups in total. The first-order chi connectivity index (χ1) is 7.89. The lowest BCUT2D eigenvalue weighted by Crippen LogP contribution is -2.50. The van der Waals surface area contributed by atoms with Gasteiger partial charge in [0.15, 0.2) is 0 Å². The minimum atomic E-state index is -0.992. The predicted octanol–water partition coefficient (Wildman–Crippen LogP) is 1.79. The van der Waals surface area contributed by atoms with E-state index in [9.17, 15) is 9.59 Å². The molecule has 0 aromatic rings. The highest BCUT2D eigenvalue weighted by atomic mass is 16.5. The number of hydrogen-bond donors (Lipinski definition) is 2. The number of carboxylic acids is 1. The van der Waals surface area contributed by atoms with Crippen LogP contribution in [0.15, 0.2) is 12.7 Å². The monoisotopic (exact) mass is 241 g/mol. The van der Waals surface area contributed by atoms with E-state index in [1.807, 2.05) is 0 Å². The highest BCUT2D eigenvalue weighted by Crippen LogP contribution is 2.40. The van der Waals surface area contributed by atoms with Gasteiger partial charge in [0.25, 0.3) is 0 Å². The fourth-order valence-electron chi connectivity index (χ4n) is 1.75. The molecule has 0 aliphatic heterocycles. The zero-order chi connectivity index (χ0) is 13.1. The molecule has 5 nitrogen and oxygen atoms in total. The van der Waals surface area contributed by atoms with Crippen LogP contribution in [0.5, 0.6) is 0 Å². The fourth-order valence-corrected chi connectivity index (χ4v) is 1.75. The van der Waals surface area contributed by atoms with Crippen molar-refractivity contribution in [1.29, 1.82) is 0 Å². The van der Waals surface area contributed by atoms with Crippen LogP contribution in [0.3, 0.4) is 0 Å². The summed E-state index contributed by atoms with van der Waals surface area (Å²) in [5.41, 5.74) is -0.992. The topological polar surface area (TPSA) is 75.6 Å². The third-order valence-corrected chi connectivity index (χ3v) is 3.03. The van der Waals surface area contributed by atoms with Gasteiger partial charge in [0, 0.05) is 0 Å². The summed E-state index contributed by atoms with van der Waals surface area (Å²) in [6, 6.07) is -0.391.